The lowest BCUT2D eigenvalue weighted by Crippen LogP contribution is -2.19. The molecule has 2 rings (SSSR count). The van der Waals surface area contributed by atoms with Gasteiger partial charge in [0.2, 0.25) is 0 Å². The average Bonchev–Trinajstić information content (AvgIpc) is 2.53. The summed E-state index contributed by atoms with van der Waals surface area (Å²) in [5, 5.41) is 9.00. The molecule has 0 aliphatic rings. The van der Waals surface area contributed by atoms with E-state index in [0.29, 0.717) is 11.5 Å². The largest absolute Gasteiger partial charge is 0.497 e. The number of methoxy groups -OCH3 is 1. The van der Waals surface area contributed by atoms with Gasteiger partial charge in [-0.15, -0.1) is 0 Å². The number of carbonyl (C=O) groups excluding carboxylic acids is 1. The number of ether oxygens (including phenoxy) is 3. The first kappa shape index (κ1) is 15.4. The van der Waals surface area contributed by atoms with E-state index in [9.17, 15) is 9.59 Å². The highest BCUT2D eigenvalue weighted by Gasteiger charge is 2.14. The zero-order valence-electron chi connectivity index (χ0n) is 11.8. The number of benzene rings is 2. The number of carboxylic acids is 1. The van der Waals surface area contributed by atoms with Crippen molar-refractivity contribution in [1.29, 1.82) is 0 Å². The molecule has 1 N–H and O–H groups in total. The minimum atomic E-state index is -1.17. The first-order chi connectivity index (χ1) is 10.6. The van der Waals surface area contributed by atoms with Crippen molar-refractivity contribution in [3.63, 3.8) is 0 Å². The van der Waals surface area contributed by atoms with Crippen molar-refractivity contribution < 1.29 is 28.9 Å². The normalized spacial score (nSPS) is 9.86. The van der Waals surface area contributed by atoms with E-state index < -0.39 is 11.9 Å². The smallest absolute Gasteiger partial charge is 0.349 e. The van der Waals surface area contributed by atoms with Crippen molar-refractivity contribution in [2.75, 3.05) is 13.7 Å². The third-order valence-electron chi connectivity index (χ3n) is 2.76. The van der Waals surface area contributed by atoms with Crippen LogP contribution in [0.1, 0.15) is 10.4 Å². The van der Waals surface area contributed by atoms with Crippen LogP contribution in [0.3, 0.4) is 0 Å². The first-order valence-electron chi connectivity index (χ1n) is 6.40. The highest BCUT2D eigenvalue weighted by molar-refractivity contribution is 5.92. The van der Waals surface area contributed by atoms with E-state index in [0.717, 1.165) is 0 Å². The molecule has 0 aliphatic carbocycles. The molecule has 0 aliphatic heterocycles. The molecule has 6 nitrogen and oxygen atoms in total. The van der Waals surface area contributed by atoms with Gasteiger partial charge in [-0.25, -0.2) is 9.59 Å². The lowest BCUT2D eigenvalue weighted by molar-refractivity contribution is -0.136. The van der Waals surface area contributed by atoms with Crippen LogP contribution in [0.5, 0.6) is 17.2 Å². The van der Waals surface area contributed by atoms with E-state index in [4.69, 9.17) is 19.3 Å². The van der Waals surface area contributed by atoms with Crippen LogP contribution >= 0.6 is 0 Å². The SMILES string of the molecule is COc1ccc(OCC(=O)Oc2ccccc2C(=O)O)cc1. The van der Waals surface area contributed by atoms with Gasteiger partial charge in [0.15, 0.2) is 6.61 Å². The summed E-state index contributed by atoms with van der Waals surface area (Å²) in [6, 6.07) is 12.6. The molecule has 0 saturated carbocycles. The van der Waals surface area contributed by atoms with E-state index in [1.165, 1.54) is 12.1 Å². The Labute approximate surface area is 126 Å². The molecule has 0 aromatic heterocycles. The van der Waals surface area contributed by atoms with Gasteiger partial charge in [-0.05, 0) is 36.4 Å². The summed E-state index contributed by atoms with van der Waals surface area (Å²) in [6.07, 6.45) is 0. The number of hydrogen-bond acceptors (Lipinski definition) is 5. The number of esters is 1. The first-order valence-corrected chi connectivity index (χ1v) is 6.40. The van der Waals surface area contributed by atoms with Crippen LogP contribution in [0.15, 0.2) is 48.5 Å². The molecule has 0 spiro atoms. The fourth-order valence-electron chi connectivity index (χ4n) is 1.70. The van der Waals surface area contributed by atoms with Crippen LogP contribution in [0.2, 0.25) is 0 Å². The molecular weight excluding hydrogens is 288 g/mol. The highest BCUT2D eigenvalue weighted by atomic mass is 16.6. The van der Waals surface area contributed by atoms with Gasteiger partial charge in [0.1, 0.15) is 22.8 Å². The van der Waals surface area contributed by atoms with Crippen LogP contribution in [0.25, 0.3) is 0 Å². The van der Waals surface area contributed by atoms with Gasteiger partial charge in [-0.1, -0.05) is 12.1 Å². The van der Waals surface area contributed by atoms with Crippen molar-refractivity contribution in [2.24, 2.45) is 0 Å². The maximum absolute atomic E-state index is 11.7. The topological polar surface area (TPSA) is 82.1 Å². The second kappa shape index (κ2) is 7.12. The predicted molar refractivity (Wildman–Crippen MR) is 77.5 cm³/mol. The molecule has 0 bridgehead atoms. The summed E-state index contributed by atoms with van der Waals surface area (Å²) < 4.78 is 15.3. The number of hydrogen-bond donors (Lipinski definition) is 1. The highest BCUT2D eigenvalue weighted by Crippen LogP contribution is 2.19. The van der Waals surface area contributed by atoms with Crippen molar-refractivity contribution >= 4 is 11.9 Å². The summed E-state index contributed by atoms with van der Waals surface area (Å²) >= 11 is 0. The molecule has 6 heteroatoms. The Kier molecular flexibility index (Phi) is 4.98. The maximum atomic E-state index is 11.7. The van der Waals surface area contributed by atoms with E-state index in [1.807, 2.05) is 0 Å². The summed E-state index contributed by atoms with van der Waals surface area (Å²) in [5.41, 5.74) is -0.0831. The second-order valence-corrected chi connectivity index (χ2v) is 4.24. The fourth-order valence-corrected chi connectivity index (χ4v) is 1.70. The van der Waals surface area contributed by atoms with E-state index >= 15 is 0 Å². The Morgan fingerprint density at radius 1 is 1.00 bits per heavy atom. The van der Waals surface area contributed by atoms with Crippen LogP contribution in [-0.4, -0.2) is 30.8 Å². The van der Waals surface area contributed by atoms with Crippen molar-refractivity contribution in [3.8, 4) is 17.2 Å². The summed E-state index contributed by atoms with van der Waals surface area (Å²) in [6.45, 7) is -0.333. The van der Waals surface area contributed by atoms with Crippen molar-refractivity contribution in [1.82, 2.24) is 0 Å². The lowest BCUT2D eigenvalue weighted by atomic mass is 10.2. The van der Waals surface area contributed by atoms with Crippen molar-refractivity contribution in [3.05, 3.63) is 54.1 Å². The van der Waals surface area contributed by atoms with E-state index in [-0.39, 0.29) is 17.9 Å². The van der Waals surface area contributed by atoms with E-state index in [1.54, 1.807) is 43.5 Å². The molecule has 0 fully saturated rings. The molecule has 0 unspecified atom stereocenters. The van der Waals surface area contributed by atoms with Crippen molar-refractivity contribution in [2.45, 2.75) is 0 Å². The molecule has 114 valence electrons. The van der Waals surface area contributed by atoms with Gasteiger partial charge in [0, 0.05) is 0 Å². The Hall–Kier alpha value is -3.02. The summed E-state index contributed by atoms with van der Waals surface area (Å²) in [7, 11) is 1.55. The van der Waals surface area contributed by atoms with Gasteiger partial charge in [0.05, 0.1) is 7.11 Å². The molecule has 0 amide bonds. The van der Waals surface area contributed by atoms with Gasteiger partial charge in [-0.2, -0.15) is 0 Å². The second-order valence-electron chi connectivity index (χ2n) is 4.24. The molecule has 0 saturated heterocycles. The maximum Gasteiger partial charge on any atom is 0.349 e. The zero-order valence-corrected chi connectivity index (χ0v) is 11.8. The van der Waals surface area contributed by atoms with Crippen LogP contribution < -0.4 is 14.2 Å². The number of carboxylic acid groups (broad SMARTS) is 1. The average molecular weight is 302 g/mol. The molecule has 2 aromatic rings. The summed E-state index contributed by atoms with van der Waals surface area (Å²) in [5.74, 6) is -0.725. The van der Waals surface area contributed by atoms with Crippen LogP contribution in [-0.2, 0) is 4.79 Å². The molecular formula is C16H14O6. The number of para-hydroxylation sites is 1. The quantitative estimate of drug-likeness (QED) is 0.651. The summed E-state index contributed by atoms with van der Waals surface area (Å²) in [4.78, 5) is 22.7. The molecule has 0 radical (unpaired) electrons. The standard InChI is InChI=1S/C16H14O6/c1-20-11-6-8-12(9-7-11)21-10-15(17)22-14-5-3-2-4-13(14)16(18)19/h2-9H,10H2,1H3,(H,18,19). The molecule has 22 heavy (non-hydrogen) atoms. The monoisotopic (exact) mass is 302 g/mol. The van der Waals surface area contributed by atoms with E-state index in [2.05, 4.69) is 0 Å². The van der Waals surface area contributed by atoms with Gasteiger partial charge in [-0.3, -0.25) is 0 Å². The minimum Gasteiger partial charge on any atom is -0.497 e. The zero-order chi connectivity index (χ0) is 15.9. The fraction of sp³-hybridized carbons (Fsp3) is 0.125. The Morgan fingerprint density at radius 3 is 2.27 bits per heavy atom. The molecule has 2 aromatic carbocycles. The Balaban J connectivity index is 1.94. The third-order valence-corrected chi connectivity index (χ3v) is 2.76. The van der Waals surface area contributed by atoms with Gasteiger partial charge < -0.3 is 19.3 Å². The number of aromatic carboxylic acids is 1. The van der Waals surface area contributed by atoms with Crippen LogP contribution in [0.4, 0.5) is 0 Å². The minimum absolute atomic E-state index is 0.0154. The number of rotatable bonds is 6. The van der Waals surface area contributed by atoms with Gasteiger partial charge >= 0.3 is 11.9 Å². The molecule has 0 atom stereocenters. The van der Waals surface area contributed by atoms with Crippen LogP contribution in [0, 0.1) is 0 Å². The predicted octanol–water partition coefficient (Wildman–Crippen LogP) is 2.38. The Bertz CT molecular complexity index is 663. The number of carbonyl (C=O) groups is 2. The lowest BCUT2D eigenvalue weighted by Gasteiger charge is -2.09. The third kappa shape index (κ3) is 3.99. The Morgan fingerprint density at radius 2 is 1.64 bits per heavy atom. The van der Waals surface area contributed by atoms with Gasteiger partial charge in [0.25, 0.3) is 0 Å². The molecule has 0 heterocycles.